The van der Waals surface area contributed by atoms with Gasteiger partial charge in [-0.25, -0.2) is 4.79 Å². The fraction of sp³-hybridized carbons (Fsp3) is 0.435. The second-order valence-corrected chi connectivity index (χ2v) is 7.83. The quantitative estimate of drug-likeness (QED) is 0.356. The van der Waals surface area contributed by atoms with E-state index in [9.17, 15) is 18.0 Å². The molecule has 0 bridgehead atoms. The molecule has 33 heavy (non-hydrogen) atoms. The highest BCUT2D eigenvalue weighted by atomic mass is 19.4. The molecule has 1 heterocycles. The minimum atomic E-state index is -4.50. The summed E-state index contributed by atoms with van der Waals surface area (Å²) in [6, 6.07) is 7.63. The molecule has 0 amide bonds. The maximum atomic E-state index is 12.5. The fourth-order valence-electron chi connectivity index (χ4n) is 2.20. The minimum absolute atomic E-state index is 0.0792. The number of benzene rings is 1. The van der Waals surface area contributed by atoms with Crippen molar-refractivity contribution in [3.63, 3.8) is 0 Å². The van der Waals surface area contributed by atoms with Gasteiger partial charge in [0.1, 0.15) is 11.4 Å². The number of hydrogen-bond acceptors (Lipinski definition) is 7. The fourth-order valence-corrected chi connectivity index (χ4v) is 2.20. The second kappa shape index (κ2) is 12.1. The van der Waals surface area contributed by atoms with Crippen LogP contribution >= 0.6 is 0 Å². The van der Waals surface area contributed by atoms with Crippen LogP contribution in [0.2, 0.25) is 0 Å². The number of esters is 1. The first kappa shape index (κ1) is 27.7. The highest BCUT2D eigenvalue weighted by molar-refractivity contribution is 5.90. The molecular weight excluding hydrogens is 437 g/mol. The number of nitrogens with one attached hydrogen (secondary N) is 2. The number of carbonyl (C=O) groups is 1. The number of nitrogens with zero attached hydrogens (tertiary/aromatic N) is 2. The summed E-state index contributed by atoms with van der Waals surface area (Å²) in [6.07, 6.45) is -4.50. The van der Waals surface area contributed by atoms with Crippen LogP contribution in [0.15, 0.2) is 42.5 Å². The molecule has 0 spiro atoms. The summed E-state index contributed by atoms with van der Waals surface area (Å²) in [5, 5.41) is 5.83. The van der Waals surface area contributed by atoms with Crippen molar-refractivity contribution in [2.75, 3.05) is 23.8 Å². The molecule has 182 valence electrons. The Morgan fingerprint density at radius 3 is 2.21 bits per heavy atom. The van der Waals surface area contributed by atoms with Crippen LogP contribution in [-0.2, 0) is 4.74 Å². The summed E-state index contributed by atoms with van der Waals surface area (Å²) in [5.74, 6) is -0.420. The summed E-state index contributed by atoms with van der Waals surface area (Å²) in [5.41, 5.74) is 1.09. The molecule has 0 aliphatic rings. The van der Waals surface area contributed by atoms with E-state index in [0.29, 0.717) is 17.8 Å². The van der Waals surface area contributed by atoms with Crippen molar-refractivity contribution in [1.82, 2.24) is 9.97 Å². The number of halogens is 3. The predicted octanol–water partition coefficient (Wildman–Crippen LogP) is 6.13. The lowest BCUT2D eigenvalue weighted by Gasteiger charge is -2.19. The third kappa shape index (κ3) is 11.2. The molecule has 0 saturated carbocycles. The van der Waals surface area contributed by atoms with Gasteiger partial charge in [-0.15, -0.1) is 0 Å². The smallest absolute Gasteiger partial charge is 0.422 e. The summed E-state index contributed by atoms with van der Waals surface area (Å²) < 4.78 is 47.6. The SMILES string of the molecule is C=C(C)CNc1nc(Nc2ccc(C(=O)OC(C)(C)C)cc2)cc(OCC(F)(F)F)n1.CC. The number of rotatable bonds is 8. The van der Waals surface area contributed by atoms with Crippen LogP contribution < -0.4 is 15.4 Å². The Morgan fingerprint density at radius 1 is 1.09 bits per heavy atom. The molecule has 0 aliphatic carbocycles. The van der Waals surface area contributed by atoms with Gasteiger partial charge in [-0.2, -0.15) is 23.1 Å². The van der Waals surface area contributed by atoms with Crippen LogP contribution in [0.4, 0.5) is 30.6 Å². The minimum Gasteiger partial charge on any atom is -0.468 e. The lowest BCUT2D eigenvalue weighted by atomic mass is 10.1. The molecule has 0 fully saturated rings. The summed E-state index contributed by atoms with van der Waals surface area (Å²) >= 11 is 0. The van der Waals surface area contributed by atoms with E-state index < -0.39 is 24.4 Å². The van der Waals surface area contributed by atoms with Crippen LogP contribution in [0, 0.1) is 0 Å². The lowest BCUT2D eigenvalue weighted by molar-refractivity contribution is -0.154. The number of alkyl halides is 3. The third-order valence-electron chi connectivity index (χ3n) is 3.43. The maximum Gasteiger partial charge on any atom is 0.422 e. The Hall–Kier alpha value is -3.30. The van der Waals surface area contributed by atoms with Crippen LogP contribution in [0.25, 0.3) is 0 Å². The summed E-state index contributed by atoms with van der Waals surface area (Å²) in [6.45, 7) is 13.7. The molecule has 0 aliphatic heterocycles. The van der Waals surface area contributed by atoms with E-state index in [4.69, 9.17) is 9.47 Å². The molecule has 0 unspecified atom stereocenters. The highest BCUT2D eigenvalue weighted by Gasteiger charge is 2.29. The van der Waals surface area contributed by atoms with E-state index >= 15 is 0 Å². The molecule has 0 saturated heterocycles. The van der Waals surface area contributed by atoms with Crippen molar-refractivity contribution in [3.8, 4) is 5.88 Å². The first-order valence-electron chi connectivity index (χ1n) is 10.4. The van der Waals surface area contributed by atoms with Gasteiger partial charge < -0.3 is 20.1 Å². The first-order chi connectivity index (χ1) is 15.3. The Kier molecular flexibility index (Phi) is 10.2. The molecule has 2 aromatic rings. The van der Waals surface area contributed by atoms with Crippen LogP contribution in [-0.4, -0.2) is 40.9 Å². The number of aromatic nitrogens is 2. The van der Waals surface area contributed by atoms with Crippen molar-refractivity contribution in [2.45, 2.75) is 53.3 Å². The van der Waals surface area contributed by atoms with Gasteiger partial charge in [0.15, 0.2) is 6.61 Å². The molecular formula is C23H31F3N4O3. The Bertz CT molecular complexity index is 924. The van der Waals surface area contributed by atoms with Gasteiger partial charge in [-0.1, -0.05) is 26.0 Å². The molecule has 2 rings (SSSR count). The first-order valence-corrected chi connectivity index (χ1v) is 10.4. The van der Waals surface area contributed by atoms with E-state index in [-0.39, 0.29) is 17.6 Å². The number of carbonyl (C=O) groups excluding carboxylic acids is 1. The Morgan fingerprint density at radius 2 is 1.70 bits per heavy atom. The number of anilines is 3. The van der Waals surface area contributed by atoms with Crippen molar-refractivity contribution in [1.29, 1.82) is 0 Å². The van der Waals surface area contributed by atoms with E-state index in [1.807, 2.05) is 13.8 Å². The molecule has 0 radical (unpaired) electrons. The second-order valence-electron chi connectivity index (χ2n) is 7.83. The highest BCUT2D eigenvalue weighted by Crippen LogP contribution is 2.23. The molecule has 1 aromatic heterocycles. The van der Waals surface area contributed by atoms with Gasteiger partial charge in [-0.05, 0) is 52.0 Å². The average Bonchev–Trinajstić information content (AvgIpc) is 2.71. The van der Waals surface area contributed by atoms with Gasteiger partial charge in [0, 0.05) is 18.3 Å². The third-order valence-corrected chi connectivity index (χ3v) is 3.43. The van der Waals surface area contributed by atoms with Gasteiger partial charge >= 0.3 is 12.1 Å². The van der Waals surface area contributed by atoms with E-state index in [0.717, 1.165) is 5.57 Å². The van der Waals surface area contributed by atoms with E-state index in [2.05, 4.69) is 27.2 Å². The van der Waals surface area contributed by atoms with Crippen molar-refractivity contribution in [3.05, 3.63) is 48.0 Å². The zero-order valence-electron chi connectivity index (χ0n) is 19.8. The molecule has 7 nitrogen and oxygen atoms in total. The van der Waals surface area contributed by atoms with Crippen molar-refractivity contribution < 1.29 is 27.4 Å². The molecule has 2 N–H and O–H groups in total. The Labute approximate surface area is 192 Å². The van der Waals surface area contributed by atoms with Crippen LogP contribution in [0.1, 0.15) is 51.9 Å². The number of hydrogen-bond donors (Lipinski definition) is 2. The van der Waals surface area contributed by atoms with Gasteiger partial charge in [0.05, 0.1) is 5.56 Å². The standard InChI is InChI=1S/C21H25F3N4O3.C2H6/c1-13(2)11-25-19-27-16(10-17(28-19)30-12-21(22,23)24)26-15-8-6-14(7-9-15)18(29)31-20(3,4)5;1-2/h6-10H,1,11-12H2,2-5H3,(H2,25,26,27,28);1-2H3. The topological polar surface area (TPSA) is 85.4 Å². The number of ether oxygens (including phenoxy) is 2. The zero-order chi connectivity index (χ0) is 25.2. The monoisotopic (exact) mass is 468 g/mol. The van der Waals surface area contributed by atoms with Crippen molar-refractivity contribution in [2.24, 2.45) is 0 Å². The normalized spacial score (nSPS) is 11.1. The van der Waals surface area contributed by atoms with Crippen LogP contribution in [0.5, 0.6) is 5.88 Å². The van der Waals surface area contributed by atoms with E-state index in [1.165, 1.54) is 6.07 Å². The average molecular weight is 469 g/mol. The summed E-state index contributed by atoms with van der Waals surface area (Å²) in [7, 11) is 0. The summed E-state index contributed by atoms with van der Waals surface area (Å²) in [4.78, 5) is 20.3. The van der Waals surface area contributed by atoms with Gasteiger partial charge in [0.2, 0.25) is 11.8 Å². The van der Waals surface area contributed by atoms with E-state index in [1.54, 1.807) is 52.0 Å². The van der Waals surface area contributed by atoms with Crippen molar-refractivity contribution >= 4 is 23.4 Å². The van der Waals surface area contributed by atoms with Gasteiger partial charge in [0.25, 0.3) is 0 Å². The molecule has 10 heteroatoms. The largest absolute Gasteiger partial charge is 0.468 e. The Balaban J connectivity index is 0.00000265. The van der Waals surface area contributed by atoms with Gasteiger partial charge in [-0.3, -0.25) is 0 Å². The van der Waals surface area contributed by atoms with Crippen LogP contribution in [0.3, 0.4) is 0 Å². The maximum absolute atomic E-state index is 12.5. The predicted molar refractivity (Wildman–Crippen MR) is 123 cm³/mol. The lowest BCUT2D eigenvalue weighted by Crippen LogP contribution is -2.23. The molecule has 0 atom stereocenters. The zero-order valence-corrected chi connectivity index (χ0v) is 19.8. The molecule has 1 aromatic carbocycles.